The number of nitrogens with zero attached hydrogens (tertiary/aromatic N) is 1. The first-order valence-electron chi connectivity index (χ1n) is 5.04. The number of hydrogen-bond donors (Lipinski definition) is 0. The molecular weight excluding hydrogens is 166 g/mol. The summed E-state index contributed by atoms with van der Waals surface area (Å²) in [5.74, 6) is -0.0892. The van der Waals surface area contributed by atoms with Crippen molar-refractivity contribution in [3.8, 4) is 0 Å². The van der Waals surface area contributed by atoms with Gasteiger partial charge in [-0.15, -0.1) is 0 Å². The lowest BCUT2D eigenvalue weighted by molar-refractivity contribution is -0.149. The summed E-state index contributed by atoms with van der Waals surface area (Å²) in [6.07, 6.45) is 1.89. The fourth-order valence-corrected chi connectivity index (χ4v) is 1.25. The third kappa shape index (κ3) is 4.27. The predicted octanol–water partition coefficient (Wildman–Crippen LogP) is 1.67. The Bertz CT molecular complexity index is 148. The van der Waals surface area contributed by atoms with Gasteiger partial charge in [-0.3, -0.25) is 9.69 Å². The van der Waals surface area contributed by atoms with Crippen LogP contribution in [0.15, 0.2) is 0 Å². The number of rotatable bonds is 6. The van der Waals surface area contributed by atoms with Crippen LogP contribution in [0.2, 0.25) is 0 Å². The third-order valence-corrected chi connectivity index (χ3v) is 2.15. The maximum Gasteiger partial charge on any atom is 0.323 e. The van der Waals surface area contributed by atoms with Crippen molar-refractivity contribution in [1.29, 1.82) is 0 Å². The maximum atomic E-state index is 11.5. The van der Waals surface area contributed by atoms with Gasteiger partial charge in [0.25, 0.3) is 0 Å². The minimum Gasteiger partial charge on any atom is -0.465 e. The molecular formula is C10H21NO2. The molecule has 1 unspecified atom stereocenters. The van der Waals surface area contributed by atoms with Crippen molar-refractivity contribution in [3.63, 3.8) is 0 Å². The first kappa shape index (κ1) is 12.4. The van der Waals surface area contributed by atoms with Crippen molar-refractivity contribution in [1.82, 2.24) is 4.90 Å². The number of ether oxygens (including phenoxy) is 1. The second-order valence-corrected chi connectivity index (χ2v) is 3.13. The van der Waals surface area contributed by atoms with Crippen LogP contribution in [-0.4, -0.2) is 37.1 Å². The van der Waals surface area contributed by atoms with E-state index in [1.165, 1.54) is 0 Å². The Morgan fingerprint density at radius 2 is 2.00 bits per heavy atom. The Morgan fingerprint density at radius 1 is 1.38 bits per heavy atom. The summed E-state index contributed by atoms with van der Waals surface area (Å²) >= 11 is 0. The highest BCUT2D eigenvalue weighted by Crippen LogP contribution is 2.06. The molecule has 0 heterocycles. The van der Waals surface area contributed by atoms with Gasteiger partial charge in [0.1, 0.15) is 6.04 Å². The van der Waals surface area contributed by atoms with Crippen LogP contribution in [0.4, 0.5) is 0 Å². The average molecular weight is 187 g/mol. The van der Waals surface area contributed by atoms with Crippen LogP contribution < -0.4 is 0 Å². The molecule has 0 fully saturated rings. The van der Waals surface area contributed by atoms with Crippen molar-refractivity contribution in [2.75, 3.05) is 20.2 Å². The van der Waals surface area contributed by atoms with E-state index in [0.29, 0.717) is 6.61 Å². The molecule has 0 aromatic rings. The highest BCUT2D eigenvalue weighted by molar-refractivity contribution is 5.75. The normalized spacial score (nSPS) is 13.0. The molecule has 3 nitrogen and oxygen atoms in total. The van der Waals surface area contributed by atoms with Crippen molar-refractivity contribution < 1.29 is 9.53 Å². The van der Waals surface area contributed by atoms with E-state index >= 15 is 0 Å². The molecule has 1 atom stereocenters. The second-order valence-electron chi connectivity index (χ2n) is 3.13. The van der Waals surface area contributed by atoms with E-state index in [0.717, 1.165) is 19.4 Å². The molecule has 0 rings (SSSR count). The van der Waals surface area contributed by atoms with Crippen molar-refractivity contribution in [2.45, 2.75) is 39.7 Å². The van der Waals surface area contributed by atoms with Crippen molar-refractivity contribution in [3.05, 3.63) is 0 Å². The minimum absolute atomic E-state index is 0.0602. The molecule has 0 spiro atoms. The van der Waals surface area contributed by atoms with Crippen molar-refractivity contribution >= 4 is 5.97 Å². The fourth-order valence-electron chi connectivity index (χ4n) is 1.25. The van der Waals surface area contributed by atoms with E-state index in [4.69, 9.17) is 4.74 Å². The van der Waals surface area contributed by atoms with Crippen LogP contribution in [0, 0.1) is 0 Å². The third-order valence-electron chi connectivity index (χ3n) is 2.15. The lowest BCUT2D eigenvalue weighted by Crippen LogP contribution is -2.39. The Morgan fingerprint density at radius 3 is 2.38 bits per heavy atom. The van der Waals surface area contributed by atoms with E-state index in [1.54, 1.807) is 0 Å². The van der Waals surface area contributed by atoms with E-state index in [-0.39, 0.29) is 12.0 Å². The lowest BCUT2D eigenvalue weighted by Gasteiger charge is -2.24. The molecule has 78 valence electrons. The van der Waals surface area contributed by atoms with Crippen LogP contribution in [0.5, 0.6) is 0 Å². The minimum atomic E-state index is -0.0892. The van der Waals surface area contributed by atoms with Crippen LogP contribution in [0.1, 0.15) is 33.6 Å². The van der Waals surface area contributed by atoms with Gasteiger partial charge in [-0.1, -0.05) is 20.3 Å². The first-order chi connectivity index (χ1) is 6.17. The molecule has 0 aliphatic rings. The lowest BCUT2D eigenvalue weighted by atomic mass is 10.1. The molecule has 0 saturated carbocycles. The van der Waals surface area contributed by atoms with E-state index in [2.05, 4.69) is 6.92 Å². The van der Waals surface area contributed by atoms with Gasteiger partial charge in [0.15, 0.2) is 0 Å². The summed E-state index contributed by atoms with van der Waals surface area (Å²) in [5.41, 5.74) is 0. The highest BCUT2D eigenvalue weighted by Gasteiger charge is 2.21. The van der Waals surface area contributed by atoms with Crippen LogP contribution in [-0.2, 0) is 9.53 Å². The fraction of sp³-hybridized carbons (Fsp3) is 0.900. The summed E-state index contributed by atoms with van der Waals surface area (Å²) in [5, 5.41) is 0. The quantitative estimate of drug-likeness (QED) is 0.592. The molecule has 0 saturated heterocycles. The molecule has 0 aromatic carbocycles. The predicted molar refractivity (Wildman–Crippen MR) is 53.6 cm³/mol. The van der Waals surface area contributed by atoms with E-state index in [9.17, 15) is 4.79 Å². The Balaban J connectivity index is 4.13. The molecule has 0 aliphatic carbocycles. The average Bonchev–Trinajstić information content (AvgIpc) is 2.13. The number of carbonyl (C=O) groups is 1. The molecule has 0 aromatic heterocycles. The molecule has 0 amide bonds. The SMILES string of the molecule is CCCC(C(=O)OCC)N(C)CC. The van der Waals surface area contributed by atoms with E-state index < -0.39 is 0 Å². The van der Waals surface area contributed by atoms with Gasteiger partial charge in [-0.2, -0.15) is 0 Å². The summed E-state index contributed by atoms with van der Waals surface area (Å²) in [7, 11) is 1.96. The molecule has 3 heteroatoms. The standard InChI is InChI=1S/C10H21NO2/c1-5-8-9(11(4)6-2)10(12)13-7-3/h9H,5-8H2,1-4H3. The zero-order chi connectivity index (χ0) is 10.3. The monoisotopic (exact) mass is 187 g/mol. The smallest absolute Gasteiger partial charge is 0.323 e. The molecule has 0 bridgehead atoms. The topological polar surface area (TPSA) is 29.5 Å². The highest BCUT2D eigenvalue weighted by atomic mass is 16.5. The van der Waals surface area contributed by atoms with Crippen LogP contribution in [0.3, 0.4) is 0 Å². The number of hydrogen-bond acceptors (Lipinski definition) is 3. The second kappa shape index (κ2) is 6.89. The number of likely N-dealkylation sites (N-methyl/N-ethyl adjacent to an activating group) is 1. The van der Waals surface area contributed by atoms with Gasteiger partial charge >= 0.3 is 5.97 Å². The number of carbonyl (C=O) groups excluding carboxylic acids is 1. The maximum absolute atomic E-state index is 11.5. The van der Waals surface area contributed by atoms with Gasteiger partial charge in [-0.05, 0) is 26.9 Å². The van der Waals surface area contributed by atoms with Gasteiger partial charge in [0.2, 0.25) is 0 Å². The van der Waals surface area contributed by atoms with Gasteiger partial charge in [0.05, 0.1) is 6.61 Å². The van der Waals surface area contributed by atoms with E-state index in [1.807, 2.05) is 25.8 Å². The van der Waals surface area contributed by atoms with Gasteiger partial charge in [-0.25, -0.2) is 0 Å². The molecule has 13 heavy (non-hydrogen) atoms. The first-order valence-corrected chi connectivity index (χ1v) is 5.04. The van der Waals surface area contributed by atoms with Crippen LogP contribution >= 0.6 is 0 Å². The van der Waals surface area contributed by atoms with Gasteiger partial charge in [0, 0.05) is 0 Å². The zero-order valence-electron chi connectivity index (χ0n) is 9.17. The Hall–Kier alpha value is -0.570. The summed E-state index contributed by atoms with van der Waals surface area (Å²) in [6, 6.07) is -0.0602. The molecule has 0 radical (unpaired) electrons. The largest absolute Gasteiger partial charge is 0.465 e. The van der Waals surface area contributed by atoms with Crippen molar-refractivity contribution in [2.24, 2.45) is 0 Å². The summed E-state index contributed by atoms with van der Waals surface area (Å²) in [4.78, 5) is 13.5. The number of esters is 1. The zero-order valence-corrected chi connectivity index (χ0v) is 9.17. The summed E-state index contributed by atoms with van der Waals surface area (Å²) in [6.45, 7) is 7.31. The summed E-state index contributed by atoms with van der Waals surface area (Å²) < 4.78 is 5.00. The molecule has 0 aliphatic heterocycles. The van der Waals surface area contributed by atoms with Crippen LogP contribution in [0.25, 0.3) is 0 Å². The Labute approximate surface area is 81.1 Å². The Kier molecular flexibility index (Phi) is 6.59. The van der Waals surface area contributed by atoms with Gasteiger partial charge < -0.3 is 4.74 Å². The molecule has 0 N–H and O–H groups in total.